The number of nitrogens with zero attached hydrogens (tertiary/aromatic N) is 2. The van der Waals surface area contributed by atoms with Crippen molar-refractivity contribution in [3.8, 4) is 5.75 Å². The van der Waals surface area contributed by atoms with Crippen LogP contribution in [0.25, 0.3) is 0 Å². The molecule has 1 aromatic heterocycles. The van der Waals surface area contributed by atoms with Crippen molar-refractivity contribution in [1.29, 1.82) is 0 Å². The lowest BCUT2D eigenvalue weighted by molar-refractivity contribution is 0.325. The van der Waals surface area contributed by atoms with Gasteiger partial charge >= 0.3 is 0 Å². The van der Waals surface area contributed by atoms with Gasteiger partial charge in [0.15, 0.2) is 5.82 Å². The molecule has 1 aliphatic rings. The van der Waals surface area contributed by atoms with Gasteiger partial charge in [-0.25, -0.2) is 4.98 Å². The summed E-state index contributed by atoms with van der Waals surface area (Å²) >= 11 is 0. The van der Waals surface area contributed by atoms with E-state index in [1.54, 1.807) is 0 Å². The van der Waals surface area contributed by atoms with Gasteiger partial charge in [-0.2, -0.15) is 0 Å². The van der Waals surface area contributed by atoms with Crippen molar-refractivity contribution in [3.63, 3.8) is 0 Å². The fourth-order valence-electron chi connectivity index (χ4n) is 2.42. The number of methoxy groups -OCH3 is 1. The second-order valence-corrected chi connectivity index (χ2v) is 5.59. The Morgan fingerprint density at radius 1 is 1.39 bits per heavy atom. The van der Waals surface area contributed by atoms with Gasteiger partial charge in [0.2, 0.25) is 5.75 Å². The number of hydrogen-bond donors (Lipinski definition) is 1. The van der Waals surface area contributed by atoms with Crippen LogP contribution in [0.4, 0.5) is 5.82 Å². The van der Waals surface area contributed by atoms with E-state index in [0.717, 1.165) is 25.9 Å². The molecule has 18 heavy (non-hydrogen) atoms. The highest BCUT2D eigenvalue weighted by molar-refractivity contribution is 5.50. The van der Waals surface area contributed by atoms with Gasteiger partial charge in [-0.1, -0.05) is 13.8 Å². The molecule has 5 heteroatoms. The topological polar surface area (TPSA) is 58.2 Å². The van der Waals surface area contributed by atoms with Crippen LogP contribution in [-0.2, 0) is 0 Å². The zero-order valence-electron chi connectivity index (χ0n) is 11.3. The van der Waals surface area contributed by atoms with Gasteiger partial charge in [0.25, 0.3) is 5.56 Å². The van der Waals surface area contributed by atoms with Crippen molar-refractivity contribution in [2.24, 2.45) is 5.41 Å². The molecule has 100 valence electrons. The summed E-state index contributed by atoms with van der Waals surface area (Å²) in [6.45, 7) is 6.42. The number of hydrogen-bond acceptors (Lipinski definition) is 4. The molecule has 0 atom stereocenters. The Morgan fingerprint density at radius 3 is 2.89 bits per heavy atom. The minimum absolute atomic E-state index is 0.217. The molecule has 0 radical (unpaired) electrons. The Balaban J connectivity index is 2.27. The number of ether oxygens (including phenoxy) is 1. The summed E-state index contributed by atoms with van der Waals surface area (Å²) in [6, 6.07) is 0. The first-order chi connectivity index (χ1) is 8.53. The van der Waals surface area contributed by atoms with E-state index in [-0.39, 0.29) is 5.56 Å². The second-order valence-electron chi connectivity index (χ2n) is 5.59. The predicted molar refractivity (Wildman–Crippen MR) is 71.3 cm³/mol. The molecule has 2 rings (SSSR count). The van der Waals surface area contributed by atoms with Crippen molar-refractivity contribution in [2.45, 2.75) is 33.1 Å². The zero-order valence-corrected chi connectivity index (χ0v) is 11.3. The largest absolute Gasteiger partial charge is 0.489 e. The molecule has 0 saturated carbocycles. The summed E-state index contributed by atoms with van der Waals surface area (Å²) in [6.07, 6.45) is 4.86. The van der Waals surface area contributed by atoms with E-state index in [2.05, 4.69) is 28.7 Å². The fraction of sp³-hybridized carbons (Fsp3) is 0.692. The molecule has 2 heterocycles. The molecule has 0 aromatic carbocycles. The van der Waals surface area contributed by atoms with Crippen molar-refractivity contribution in [3.05, 3.63) is 16.7 Å². The Kier molecular flexibility index (Phi) is 3.59. The number of anilines is 1. The Hall–Kier alpha value is -1.52. The van der Waals surface area contributed by atoms with E-state index in [9.17, 15) is 4.79 Å². The van der Waals surface area contributed by atoms with Crippen LogP contribution in [0.1, 0.15) is 33.1 Å². The van der Waals surface area contributed by atoms with Gasteiger partial charge in [0.05, 0.1) is 13.4 Å². The summed E-state index contributed by atoms with van der Waals surface area (Å²) in [5, 5.41) is 0. The molecular weight excluding hydrogens is 230 g/mol. The van der Waals surface area contributed by atoms with Gasteiger partial charge in [-0.05, 0) is 24.7 Å². The van der Waals surface area contributed by atoms with Gasteiger partial charge < -0.3 is 14.6 Å². The van der Waals surface area contributed by atoms with Gasteiger partial charge in [0, 0.05) is 13.1 Å². The highest BCUT2D eigenvalue weighted by atomic mass is 16.5. The molecular formula is C13H21N3O2. The van der Waals surface area contributed by atoms with Crippen LogP contribution < -0.4 is 15.2 Å². The van der Waals surface area contributed by atoms with E-state index in [1.807, 2.05) is 0 Å². The van der Waals surface area contributed by atoms with E-state index in [0.29, 0.717) is 17.0 Å². The van der Waals surface area contributed by atoms with Gasteiger partial charge in [0.1, 0.15) is 0 Å². The maximum absolute atomic E-state index is 11.7. The van der Waals surface area contributed by atoms with E-state index >= 15 is 0 Å². The van der Waals surface area contributed by atoms with E-state index in [1.165, 1.54) is 19.9 Å². The minimum atomic E-state index is -0.217. The van der Waals surface area contributed by atoms with Gasteiger partial charge in [-0.15, -0.1) is 0 Å². The van der Waals surface area contributed by atoms with Crippen LogP contribution in [0.2, 0.25) is 0 Å². The highest BCUT2D eigenvalue weighted by Gasteiger charge is 2.25. The van der Waals surface area contributed by atoms with Crippen LogP contribution in [0, 0.1) is 5.41 Å². The molecule has 1 fully saturated rings. The molecule has 1 N–H and O–H groups in total. The summed E-state index contributed by atoms with van der Waals surface area (Å²) in [5.41, 5.74) is 0.148. The SMILES string of the molecule is COc1c(N2CCCC(C)(C)CC2)nc[nH]c1=O. The zero-order chi connectivity index (χ0) is 13.2. The first-order valence-corrected chi connectivity index (χ1v) is 6.40. The summed E-state index contributed by atoms with van der Waals surface area (Å²) in [7, 11) is 1.51. The normalized spacial score (nSPS) is 19.4. The summed E-state index contributed by atoms with van der Waals surface area (Å²) in [4.78, 5) is 20.6. The summed E-state index contributed by atoms with van der Waals surface area (Å²) < 4.78 is 5.17. The van der Waals surface area contributed by atoms with Crippen molar-refractivity contribution < 1.29 is 4.74 Å². The molecule has 0 spiro atoms. The van der Waals surface area contributed by atoms with E-state index in [4.69, 9.17) is 4.74 Å². The maximum Gasteiger partial charge on any atom is 0.295 e. The third-order valence-electron chi connectivity index (χ3n) is 3.64. The van der Waals surface area contributed by atoms with Crippen molar-refractivity contribution in [1.82, 2.24) is 9.97 Å². The summed E-state index contributed by atoms with van der Waals surface area (Å²) in [5.74, 6) is 0.983. The van der Waals surface area contributed by atoms with Crippen LogP contribution >= 0.6 is 0 Å². The minimum Gasteiger partial charge on any atom is -0.489 e. The second kappa shape index (κ2) is 5.00. The highest BCUT2D eigenvalue weighted by Crippen LogP contribution is 2.32. The average Bonchev–Trinajstić information content (AvgIpc) is 2.50. The predicted octanol–water partition coefficient (Wildman–Crippen LogP) is 1.79. The third kappa shape index (κ3) is 2.66. The maximum atomic E-state index is 11.7. The van der Waals surface area contributed by atoms with Crippen molar-refractivity contribution in [2.75, 3.05) is 25.1 Å². The lowest BCUT2D eigenvalue weighted by Crippen LogP contribution is -2.28. The lowest BCUT2D eigenvalue weighted by Gasteiger charge is -2.24. The number of aromatic amines is 1. The Morgan fingerprint density at radius 2 is 2.17 bits per heavy atom. The molecule has 1 aliphatic heterocycles. The van der Waals surface area contributed by atoms with Crippen LogP contribution in [0.3, 0.4) is 0 Å². The Labute approximate surface area is 107 Å². The molecule has 1 aromatic rings. The smallest absolute Gasteiger partial charge is 0.295 e. The quantitative estimate of drug-likeness (QED) is 0.870. The molecule has 0 aliphatic carbocycles. The molecule has 1 saturated heterocycles. The molecule has 0 amide bonds. The fourth-order valence-corrected chi connectivity index (χ4v) is 2.42. The first-order valence-electron chi connectivity index (χ1n) is 6.40. The third-order valence-corrected chi connectivity index (χ3v) is 3.64. The monoisotopic (exact) mass is 251 g/mol. The first kappa shape index (κ1) is 12.9. The number of aromatic nitrogens is 2. The molecule has 0 bridgehead atoms. The van der Waals surface area contributed by atoms with E-state index < -0.39 is 0 Å². The number of H-pyrrole nitrogens is 1. The molecule has 5 nitrogen and oxygen atoms in total. The van der Waals surface area contributed by atoms with Gasteiger partial charge in [-0.3, -0.25) is 4.79 Å². The standard InChI is InChI=1S/C13H21N3O2/c1-13(2)5-4-7-16(8-6-13)11-10(18-3)12(17)15-9-14-11/h9H,4-8H2,1-3H3,(H,14,15,17). The van der Waals surface area contributed by atoms with Crippen molar-refractivity contribution >= 4 is 5.82 Å². The van der Waals surface area contributed by atoms with Crippen LogP contribution in [0.15, 0.2) is 11.1 Å². The lowest BCUT2D eigenvalue weighted by atomic mass is 9.85. The average molecular weight is 251 g/mol. The van der Waals surface area contributed by atoms with Crippen LogP contribution in [0.5, 0.6) is 5.75 Å². The Bertz CT molecular complexity index is 468. The number of rotatable bonds is 2. The number of nitrogens with one attached hydrogen (secondary N) is 1. The van der Waals surface area contributed by atoms with Crippen LogP contribution in [-0.4, -0.2) is 30.2 Å². The molecule has 0 unspecified atom stereocenters.